The van der Waals surface area contributed by atoms with Crippen molar-refractivity contribution in [2.24, 2.45) is 5.41 Å². The van der Waals surface area contributed by atoms with E-state index in [9.17, 15) is 4.79 Å². The zero-order valence-corrected chi connectivity index (χ0v) is 12.5. The van der Waals surface area contributed by atoms with Crippen LogP contribution in [0.1, 0.15) is 56.5 Å². The molecule has 5 nitrogen and oxygen atoms in total. The summed E-state index contributed by atoms with van der Waals surface area (Å²) in [6.07, 6.45) is 1.25. The van der Waals surface area contributed by atoms with E-state index in [1.54, 1.807) is 6.07 Å². The van der Waals surface area contributed by atoms with Crippen molar-refractivity contribution in [1.29, 1.82) is 0 Å². The van der Waals surface area contributed by atoms with Crippen LogP contribution in [0.2, 0.25) is 0 Å². The largest absolute Gasteiger partial charge is 0.475 e. The third kappa shape index (κ3) is 2.74. The Labute approximate surface area is 119 Å². The first-order chi connectivity index (χ1) is 9.36. The number of carbonyl (C=O) groups is 1. The smallest absolute Gasteiger partial charge is 0.371 e. The molecule has 0 bridgehead atoms. The van der Waals surface area contributed by atoms with E-state index in [2.05, 4.69) is 19.2 Å². The number of rotatable bonds is 6. The average Bonchev–Trinajstić information content (AvgIpc) is 2.87. The molecule has 0 aliphatic heterocycles. The highest BCUT2D eigenvalue weighted by Crippen LogP contribution is 2.43. The minimum absolute atomic E-state index is 0.0186. The number of hydrogen-bond acceptors (Lipinski definition) is 4. The summed E-state index contributed by atoms with van der Waals surface area (Å²) in [6.45, 7) is 9.10. The molecule has 2 N–H and O–H groups in total. The van der Waals surface area contributed by atoms with Gasteiger partial charge in [0, 0.05) is 18.1 Å². The molecule has 3 unspecified atom stereocenters. The second kappa shape index (κ2) is 5.58. The third-order valence-electron chi connectivity index (χ3n) is 4.26. The van der Waals surface area contributed by atoms with E-state index in [-0.39, 0.29) is 23.3 Å². The molecule has 1 saturated carbocycles. The van der Waals surface area contributed by atoms with Crippen LogP contribution in [0.5, 0.6) is 0 Å². The first-order valence-corrected chi connectivity index (χ1v) is 7.07. The predicted octanol–water partition coefficient (Wildman–Crippen LogP) is 2.83. The van der Waals surface area contributed by atoms with Gasteiger partial charge in [-0.1, -0.05) is 13.8 Å². The van der Waals surface area contributed by atoms with Gasteiger partial charge in [0.05, 0.1) is 12.1 Å². The molecule has 0 aromatic carbocycles. The van der Waals surface area contributed by atoms with E-state index in [1.807, 2.05) is 13.8 Å². The van der Waals surface area contributed by atoms with Crippen molar-refractivity contribution < 1.29 is 19.1 Å². The van der Waals surface area contributed by atoms with Crippen LogP contribution in [-0.4, -0.2) is 29.8 Å². The van der Waals surface area contributed by atoms with Crippen molar-refractivity contribution in [3.8, 4) is 0 Å². The fraction of sp³-hybridized carbons (Fsp3) is 0.667. The lowest BCUT2D eigenvalue weighted by Gasteiger charge is -2.52. The van der Waals surface area contributed by atoms with E-state index in [1.165, 1.54) is 6.07 Å². The van der Waals surface area contributed by atoms with Crippen molar-refractivity contribution in [1.82, 2.24) is 5.32 Å². The Morgan fingerprint density at radius 1 is 1.60 bits per heavy atom. The van der Waals surface area contributed by atoms with Crippen LogP contribution in [0.3, 0.4) is 0 Å². The number of aromatic carboxylic acids is 1. The fourth-order valence-electron chi connectivity index (χ4n) is 2.74. The summed E-state index contributed by atoms with van der Waals surface area (Å²) in [5.41, 5.74) is 0.0759. The number of carboxylic acid groups (broad SMARTS) is 1. The fourth-order valence-corrected chi connectivity index (χ4v) is 2.74. The summed E-state index contributed by atoms with van der Waals surface area (Å²) in [7, 11) is 0. The molecule has 1 aliphatic rings. The van der Waals surface area contributed by atoms with E-state index in [0.717, 1.165) is 13.0 Å². The standard InChI is InChI=1S/C15H23NO4/c1-5-19-13-8-12(15(13,3)4)16-9(2)10-6-7-11(20-10)14(17)18/h6-7,9,12-13,16H,5,8H2,1-4H3,(H,17,18). The van der Waals surface area contributed by atoms with Gasteiger partial charge in [0.1, 0.15) is 5.76 Å². The molecule has 20 heavy (non-hydrogen) atoms. The lowest BCUT2D eigenvalue weighted by molar-refractivity contribution is -0.116. The summed E-state index contributed by atoms with van der Waals surface area (Å²) in [5, 5.41) is 12.4. The minimum atomic E-state index is -1.04. The molecule has 3 atom stereocenters. The second-order valence-electron chi connectivity index (χ2n) is 5.95. The quantitative estimate of drug-likeness (QED) is 0.839. The van der Waals surface area contributed by atoms with Crippen molar-refractivity contribution in [2.45, 2.75) is 52.3 Å². The molecule has 2 rings (SSSR count). The molecule has 1 heterocycles. The molecule has 1 aromatic rings. The van der Waals surface area contributed by atoms with Crippen LogP contribution in [0, 0.1) is 5.41 Å². The topological polar surface area (TPSA) is 71.7 Å². The monoisotopic (exact) mass is 281 g/mol. The lowest BCUT2D eigenvalue weighted by atomic mass is 9.64. The molecule has 1 fully saturated rings. The number of carboxylic acids is 1. The third-order valence-corrected chi connectivity index (χ3v) is 4.26. The van der Waals surface area contributed by atoms with Gasteiger partial charge < -0.3 is 19.6 Å². The van der Waals surface area contributed by atoms with Gasteiger partial charge in [0.15, 0.2) is 0 Å². The molecule has 0 amide bonds. The zero-order chi connectivity index (χ0) is 14.9. The van der Waals surface area contributed by atoms with Gasteiger partial charge in [-0.3, -0.25) is 0 Å². The van der Waals surface area contributed by atoms with Crippen LogP contribution in [0.25, 0.3) is 0 Å². The predicted molar refractivity (Wildman–Crippen MR) is 74.8 cm³/mol. The van der Waals surface area contributed by atoms with Crippen molar-refractivity contribution in [3.05, 3.63) is 23.7 Å². The Balaban J connectivity index is 1.95. The first-order valence-electron chi connectivity index (χ1n) is 7.07. The molecular weight excluding hydrogens is 258 g/mol. The van der Waals surface area contributed by atoms with Gasteiger partial charge in [-0.25, -0.2) is 4.79 Å². The highest BCUT2D eigenvalue weighted by atomic mass is 16.5. The summed E-state index contributed by atoms with van der Waals surface area (Å²) in [6, 6.07) is 3.53. The molecule has 0 saturated heterocycles. The Morgan fingerprint density at radius 3 is 2.80 bits per heavy atom. The Hall–Kier alpha value is -1.33. The molecule has 0 spiro atoms. The van der Waals surface area contributed by atoms with Crippen LogP contribution < -0.4 is 5.32 Å². The van der Waals surface area contributed by atoms with Gasteiger partial charge >= 0.3 is 5.97 Å². The highest BCUT2D eigenvalue weighted by molar-refractivity contribution is 5.84. The molecule has 5 heteroatoms. The van der Waals surface area contributed by atoms with Gasteiger partial charge in [0.2, 0.25) is 5.76 Å². The van der Waals surface area contributed by atoms with Gasteiger partial charge in [0.25, 0.3) is 0 Å². The maximum absolute atomic E-state index is 10.8. The molecule has 1 aromatic heterocycles. The summed E-state index contributed by atoms with van der Waals surface area (Å²) >= 11 is 0. The van der Waals surface area contributed by atoms with E-state index in [0.29, 0.717) is 11.8 Å². The van der Waals surface area contributed by atoms with E-state index in [4.69, 9.17) is 14.3 Å². The summed E-state index contributed by atoms with van der Waals surface area (Å²) < 4.78 is 11.0. The van der Waals surface area contributed by atoms with Crippen molar-refractivity contribution >= 4 is 5.97 Å². The summed E-state index contributed by atoms with van der Waals surface area (Å²) in [5.74, 6) is -0.407. The SMILES string of the molecule is CCOC1CC(NC(C)c2ccc(C(=O)O)o2)C1(C)C. The first kappa shape index (κ1) is 15.1. The Bertz CT molecular complexity index is 480. The maximum Gasteiger partial charge on any atom is 0.371 e. The van der Waals surface area contributed by atoms with E-state index >= 15 is 0 Å². The Morgan fingerprint density at radius 2 is 2.30 bits per heavy atom. The van der Waals surface area contributed by atoms with Gasteiger partial charge in [-0.2, -0.15) is 0 Å². The number of hydrogen-bond donors (Lipinski definition) is 2. The van der Waals surface area contributed by atoms with Crippen molar-refractivity contribution in [3.63, 3.8) is 0 Å². The van der Waals surface area contributed by atoms with Crippen LogP contribution >= 0.6 is 0 Å². The van der Waals surface area contributed by atoms with Gasteiger partial charge in [-0.15, -0.1) is 0 Å². The lowest BCUT2D eigenvalue weighted by Crippen LogP contribution is -2.61. The molecule has 0 radical (unpaired) electrons. The normalized spacial score (nSPS) is 26.0. The Kier molecular flexibility index (Phi) is 4.20. The van der Waals surface area contributed by atoms with Crippen molar-refractivity contribution in [2.75, 3.05) is 6.61 Å². The van der Waals surface area contributed by atoms with Crippen LogP contribution in [0.4, 0.5) is 0 Å². The molecular formula is C15H23NO4. The molecule has 1 aliphatic carbocycles. The molecule has 112 valence electrons. The maximum atomic E-state index is 10.8. The van der Waals surface area contributed by atoms with Crippen LogP contribution in [-0.2, 0) is 4.74 Å². The van der Waals surface area contributed by atoms with Crippen LogP contribution in [0.15, 0.2) is 16.5 Å². The minimum Gasteiger partial charge on any atom is -0.475 e. The summed E-state index contributed by atoms with van der Waals surface area (Å²) in [4.78, 5) is 10.8. The average molecular weight is 281 g/mol. The number of ether oxygens (including phenoxy) is 1. The van der Waals surface area contributed by atoms with Gasteiger partial charge in [-0.05, 0) is 32.4 Å². The number of nitrogens with one attached hydrogen (secondary N) is 1. The number of furan rings is 1. The highest BCUT2D eigenvalue weighted by Gasteiger charge is 2.49. The second-order valence-corrected chi connectivity index (χ2v) is 5.95. The zero-order valence-electron chi connectivity index (χ0n) is 12.5. The van der Waals surface area contributed by atoms with E-state index < -0.39 is 5.97 Å².